The van der Waals surface area contributed by atoms with Gasteiger partial charge in [0, 0.05) is 5.02 Å². The maximum absolute atomic E-state index is 6.04. The van der Waals surface area contributed by atoms with Crippen molar-refractivity contribution >= 4 is 11.6 Å². The molecule has 0 heterocycles. The molecule has 0 spiro atoms. The molecule has 0 radical (unpaired) electrons. The minimum atomic E-state index is 0.590. The summed E-state index contributed by atoms with van der Waals surface area (Å²) in [4.78, 5) is 0. The van der Waals surface area contributed by atoms with Crippen molar-refractivity contribution in [3.05, 3.63) is 63.7 Å². The molecule has 0 fully saturated rings. The van der Waals surface area contributed by atoms with E-state index in [0.29, 0.717) is 13.2 Å². The van der Waals surface area contributed by atoms with Gasteiger partial charge in [0.05, 0.1) is 0 Å². The fraction of sp³-hybridized carbons (Fsp3) is 0.333. The predicted molar refractivity (Wildman–Crippen MR) is 87.0 cm³/mol. The first-order valence-electron chi connectivity index (χ1n) is 7.48. The Hall–Kier alpha value is -1.51. The molecule has 0 unspecified atom stereocenters. The molecule has 0 amide bonds. The summed E-state index contributed by atoms with van der Waals surface area (Å²) in [5.74, 6) is 0.880. The molecule has 110 valence electrons. The largest absolute Gasteiger partial charge is 0.489 e. The molecule has 3 rings (SSSR count). The molecule has 2 aromatic carbocycles. The van der Waals surface area contributed by atoms with Crippen LogP contribution in [0.5, 0.6) is 5.75 Å². The molecular formula is C18H20ClNO. The van der Waals surface area contributed by atoms with Crippen LogP contribution in [0.2, 0.25) is 5.02 Å². The van der Waals surface area contributed by atoms with Crippen molar-refractivity contribution in [3.63, 3.8) is 0 Å². The van der Waals surface area contributed by atoms with Gasteiger partial charge in [-0.15, -0.1) is 0 Å². The van der Waals surface area contributed by atoms with Crippen LogP contribution in [0.1, 0.15) is 28.7 Å². The summed E-state index contributed by atoms with van der Waals surface area (Å²) in [6.45, 7) is 1.18. The zero-order valence-corrected chi connectivity index (χ0v) is 12.8. The normalized spacial score (nSPS) is 13.2. The molecular weight excluding hydrogens is 282 g/mol. The predicted octanol–water partition coefficient (Wildman–Crippen LogP) is 3.91. The lowest BCUT2D eigenvalue weighted by Crippen LogP contribution is -2.05. The molecule has 0 aromatic heterocycles. The topological polar surface area (TPSA) is 35.2 Å². The van der Waals surface area contributed by atoms with E-state index in [1.165, 1.54) is 36.0 Å². The van der Waals surface area contributed by atoms with Gasteiger partial charge in [0.1, 0.15) is 12.4 Å². The first-order chi connectivity index (χ1) is 10.3. The Balaban J connectivity index is 1.72. The number of benzene rings is 2. The standard InChI is InChI=1S/C18H20ClNO/c19-17-6-7-18(16(11-17)8-9-20)21-12-13-4-5-14-2-1-3-15(14)10-13/h4-7,10-11H,1-3,8-9,12,20H2. The van der Waals surface area contributed by atoms with Crippen molar-refractivity contribution in [3.8, 4) is 5.75 Å². The zero-order chi connectivity index (χ0) is 14.7. The number of rotatable bonds is 5. The Morgan fingerprint density at radius 1 is 1.05 bits per heavy atom. The van der Waals surface area contributed by atoms with Crippen molar-refractivity contribution < 1.29 is 4.74 Å². The molecule has 1 aliphatic carbocycles. The first-order valence-corrected chi connectivity index (χ1v) is 7.86. The molecule has 0 saturated carbocycles. The van der Waals surface area contributed by atoms with Crippen LogP contribution < -0.4 is 10.5 Å². The van der Waals surface area contributed by atoms with Gasteiger partial charge in [-0.2, -0.15) is 0 Å². The molecule has 0 saturated heterocycles. The van der Waals surface area contributed by atoms with Gasteiger partial charge in [0.2, 0.25) is 0 Å². The minimum Gasteiger partial charge on any atom is -0.489 e. The number of aryl methyl sites for hydroxylation is 2. The highest BCUT2D eigenvalue weighted by Gasteiger charge is 2.11. The lowest BCUT2D eigenvalue weighted by Gasteiger charge is -2.12. The highest BCUT2D eigenvalue weighted by atomic mass is 35.5. The molecule has 0 bridgehead atoms. The summed E-state index contributed by atoms with van der Waals surface area (Å²) in [5, 5.41) is 0.725. The van der Waals surface area contributed by atoms with Gasteiger partial charge in [-0.05, 0) is 72.7 Å². The minimum absolute atomic E-state index is 0.590. The van der Waals surface area contributed by atoms with Crippen molar-refractivity contribution in [1.29, 1.82) is 0 Å². The summed E-state index contributed by atoms with van der Waals surface area (Å²) in [6, 6.07) is 12.4. The lowest BCUT2D eigenvalue weighted by atomic mass is 10.1. The monoisotopic (exact) mass is 301 g/mol. The van der Waals surface area contributed by atoms with Gasteiger partial charge in [-0.1, -0.05) is 29.8 Å². The van der Waals surface area contributed by atoms with E-state index in [1.54, 1.807) is 0 Å². The van der Waals surface area contributed by atoms with Crippen LogP contribution in [0.3, 0.4) is 0 Å². The van der Waals surface area contributed by atoms with Gasteiger partial charge in [-0.25, -0.2) is 0 Å². The van der Waals surface area contributed by atoms with Crippen LogP contribution in [-0.4, -0.2) is 6.54 Å². The van der Waals surface area contributed by atoms with E-state index in [-0.39, 0.29) is 0 Å². The first kappa shape index (κ1) is 14.4. The highest BCUT2D eigenvalue weighted by Crippen LogP contribution is 2.26. The second-order valence-electron chi connectivity index (χ2n) is 5.54. The third kappa shape index (κ3) is 3.39. The summed E-state index contributed by atoms with van der Waals surface area (Å²) in [6.07, 6.45) is 4.47. The Morgan fingerprint density at radius 3 is 2.76 bits per heavy atom. The maximum atomic E-state index is 6.04. The molecule has 21 heavy (non-hydrogen) atoms. The number of halogens is 1. The van der Waals surface area contributed by atoms with E-state index in [1.807, 2.05) is 18.2 Å². The van der Waals surface area contributed by atoms with Gasteiger partial charge in [0.25, 0.3) is 0 Å². The highest BCUT2D eigenvalue weighted by molar-refractivity contribution is 6.30. The van der Waals surface area contributed by atoms with Crippen LogP contribution in [0, 0.1) is 0 Å². The molecule has 0 aliphatic heterocycles. The number of nitrogens with two attached hydrogens (primary N) is 1. The van der Waals surface area contributed by atoms with E-state index in [2.05, 4.69) is 18.2 Å². The van der Waals surface area contributed by atoms with E-state index < -0.39 is 0 Å². The average Bonchev–Trinajstić information content (AvgIpc) is 2.94. The van der Waals surface area contributed by atoms with Gasteiger partial charge < -0.3 is 10.5 Å². The quantitative estimate of drug-likeness (QED) is 0.909. The van der Waals surface area contributed by atoms with Crippen molar-refractivity contribution in [2.24, 2.45) is 5.73 Å². The van der Waals surface area contributed by atoms with Crippen molar-refractivity contribution in [1.82, 2.24) is 0 Å². The Kier molecular flexibility index (Phi) is 4.47. The fourth-order valence-electron chi connectivity index (χ4n) is 2.92. The zero-order valence-electron chi connectivity index (χ0n) is 12.1. The number of hydrogen-bond acceptors (Lipinski definition) is 2. The third-order valence-corrected chi connectivity index (χ3v) is 4.23. The summed E-state index contributed by atoms with van der Waals surface area (Å²) in [7, 11) is 0. The average molecular weight is 302 g/mol. The summed E-state index contributed by atoms with van der Waals surface area (Å²) < 4.78 is 5.98. The van der Waals surface area contributed by atoms with E-state index in [9.17, 15) is 0 Å². The Labute approximate surface area is 130 Å². The second kappa shape index (κ2) is 6.50. The van der Waals surface area contributed by atoms with Gasteiger partial charge >= 0.3 is 0 Å². The molecule has 1 aliphatic rings. The molecule has 2 N–H and O–H groups in total. The number of fused-ring (bicyclic) bond motifs is 1. The van der Waals surface area contributed by atoms with Crippen LogP contribution in [0.25, 0.3) is 0 Å². The fourth-order valence-corrected chi connectivity index (χ4v) is 3.11. The van der Waals surface area contributed by atoms with Crippen LogP contribution in [0.15, 0.2) is 36.4 Å². The molecule has 2 aromatic rings. The molecule has 0 atom stereocenters. The van der Waals surface area contributed by atoms with E-state index in [0.717, 1.165) is 22.8 Å². The van der Waals surface area contributed by atoms with Crippen LogP contribution in [-0.2, 0) is 25.9 Å². The second-order valence-corrected chi connectivity index (χ2v) is 5.97. The van der Waals surface area contributed by atoms with Crippen molar-refractivity contribution in [2.45, 2.75) is 32.3 Å². The third-order valence-electron chi connectivity index (χ3n) is 3.99. The number of hydrogen-bond donors (Lipinski definition) is 1. The maximum Gasteiger partial charge on any atom is 0.123 e. The van der Waals surface area contributed by atoms with Crippen molar-refractivity contribution in [2.75, 3.05) is 6.54 Å². The van der Waals surface area contributed by atoms with Gasteiger partial charge in [-0.3, -0.25) is 0 Å². The molecule has 3 heteroatoms. The lowest BCUT2D eigenvalue weighted by molar-refractivity contribution is 0.303. The molecule has 2 nitrogen and oxygen atoms in total. The van der Waals surface area contributed by atoms with E-state index in [4.69, 9.17) is 22.1 Å². The smallest absolute Gasteiger partial charge is 0.123 e. The summed E-state index contributed by atoms with van der Waals surface area (Å²) >= 11 is 6.04. The Morgan fingerprint density at radius 2 is 1.90 bits per heavy atom. The van der Waals surface area contributed by atoms with Crippen LogP contribution in [0.4, 0.5) is 0 Å². The van der Waals surface area contributed by atoms with E-state index >= 15 is 0 Å². The van der Waals surface area contributed by atoms with Gasteiger partial charge in [0.15, 0.2) is 0 Å². The summed E-state index contributed by atoms with van der Waals surface area (Å²) in [5.41, 5.74) is 10.9. The van der Waals surface area contributed by atoms with Crippen LogP contribution >= 0.6 is 11.6 Å². The SMILES string of the molecule is NCCc1cc(Cl)ccc1OCc1ccc2c(c1)CCC2. The number of ether oxygens (including phenoxy) is 1. The Bertz CT molecular complexity index is 639.